The summed E-state index contributed by atoms with van der Waals surface area (Å²) in [4.78, 5) is 24.6. The van der Waals surface area contributed by atoms with Crippen molar-refractivity contribution < 1.29 is 14.7 Å². The van der Waals surface area contributed by atoms with Crippen LogP contribution in [0.15, 0.2) is 0 Å². The average molecular weight is 240 g/mol. The molecule has 2 amide bonds. The van der Waals surface area contributed by atoms with E-state index in [0.717, 1.165) is 32.4 Å². The van der Waals surface area contributed by atoms with E-state index in [2.05, 4.69) is 12.2 Å². The van der Waals surface area contributed by atoms with Crippen LogP contribution in [0.25, 0.3) is 0 Å². The van der Waals surface area contributed by atoms with Gasteiger partial charge in [-0.25, -0.2) is 9.59 Å². The molecule has 2 fully saturated rings. The van der Waals surface area contributed by atoms with Gasteiger partial charge in [-0.2, -0.15) is 0 Å². The smallest absolute Gasteiger partial charge is 0.329 e. The van der Waals surface area contributed by atoms with E-state index < -0.39 is 11.5 Å². The molecule has 2 rings (SSSR count). The van der Waals surface area contributed by atoms with Crippen molar-refractivity contribution in [1.82, 2.24) is 10.2 Å². The molecule has 0 radical (unpaired) electrons. The van der Waals surface area contributed by atoms with Crippen LogP contribution < -0.4 is 5.32 Å². The minimum atomic E-state index is -0.958. The highest BCUT2D eigenvalue weighted by Gasteiger charge is 2.52. The maximum absolute atomic E-state index is 11.9. The van der Waals surface area contributed by atoms with Crippen LogP contribution in [0.5, 0.6) is 0 Å². The maximum atomic E-state index is 11.9. The molecule has 5 heteroatoms. The first-order valence-corrected chi connectivity index (χ1v) is 6.38. The number of carboxylic acid groups (broad SMARTS) is 1. The summed E-state index contributed by atoms with van der Waals surface area (Å²) in [5.41, 5.74) is -0.958. The SMILES string of the molecule is CCCC1CCN(C(=O)NC2(C(=O)O)CC2)C1. The second-order valence-electron chi connectivity index (χ2n) is 5.21. The van der Waals surface area contributed by atoms with Gasteiger partial charge < -0.3 is 15.3 Å². The van der Waals surface area contributed by atoms with Gasteiger partial charge in [0.25, 0.3) is 0 Å². The number of aliphatic carboxylic acids is 1. The number of urea groups is 1. The molecule has 1 aliphatic carbocycles. The Morgan fingerprint density at radius 1 is 1.47 bits per heavy atom. The van der Waals surface area contributed by atoms with Gasteiger partial charge in [0.1, 0.15) is 5.54 Å². The number of hydrogen-bond donors (Lipinski definition) is 2. The van der Waals surface area contributed by atoms with E-state index in [1.54, 1.807) is 4.90 Å². The van der Waals surface area contributed by atoms with E-state index in [9.17, 15) is 9.59 Å². The molecular formula is C12H20N2O3. The zero-order chi connectivity index (χ0) is 12.5. The largest absolute Gasteiger partial charge is 0.480 e. The molecule has 96 valence electrons. The normalized spacial score (nSPS) is 25.7. The molecule has 1 saturated heterocycles. The number of amides is 2. The van der Waals surface area contributed by atoms with Crippen LogP contribution >= 0.6 is 0 Å². The molecule has 0 bridgehead atoms. The number of nitrogens with one attached hydrogen (secondary N) is 1. The number of hydrogen-bond acceptors (Lipinski definition) is 2. The molecule has 1 atom stereocenters. The summed E-state index contributed by atoms with van der Waals surface area (Å²) in [6.45, 7) is 3.67. The van der Waals surface area contributed by atoms with Crippen molar-refractivity contribution in [3.05, 3.63) is 0 Å². The highest BCUT2D eigenvalue weighted by atomic mass is 16.4. The number of carboxylic acids is 1. The lowest BCUT2D eigenvalue weighted by Gasteiger charge is -2.20. The number of nitrogens with zero attached hydrogens (tertiary/aromatic N) is 1. The average Bonchev–Trinajstić information content (AvgIpc) is 2.90. The van der Waals surface area contributed by atoms with Gasteiger partial charge in [-0.3, -0.25) is 0 Å². The standard InChI is InChI=1S/C12H20N2O3/c1-2-3-9-4-7-14(8-9)11(17)13-12(5-6-12)10(15)16/h9H,2-8H2,1H3,(H,13,17)(H,15,16). The van der Waals surface area contributed by atoms with Gasteiger partial charge in [0.05, 0.1) is 0 Å². The first kappa shape index (κ1) is 12.2. The maximum Gasteiger partial charge on any atom is 0.329 e. The molecule has 0 aromatic carbocycles. The molecule has 1 unspecified atom stereocenters. The second kappa shape index (κ2) is 4.55. The third-order valence-corrected chi connectivity index (χ3v) is 3.78. The fourth-order valence-corrected chi connectivity index (χ4v) is 2.46. The Bertz CT molecular complexity index is 326. The molecule has 0 aromatic heterocycles. The van der Waals surface area contributed by atoms with Gasteiger partial charge in [0.15, 0.2) is 0 Å². The summed E-state index contributed by atoms with van der Waals surface area (Å²) in [7, 11) is 0. The fourth-order valence-electron chi connectivity index (χ4n) is 2.46. The monoisotopic (exact) mass is 240 g/mol. The highest BCUT2D eigenvalue weighted by molar-refractivity contribution is 5.89. The molecule has 1 saturated carbocycles. The molecule has 17 heavy (non-hydrogen) atoms. The van der Waals surface area contributed by atoms with Crippen molar-refractivity contribution in [3.63, 3.8) is 0 Å². The topological polar surface area (TPSA) is 69.6 Å². The Labute approximate surface area is 101 Å². The van der Waals surface area contributed by atoms with Crippen molar-refractivity contribution in [2.45, 2.75) is 44.6 Å². The molecular weight excluding hydrogens is 220 g/mol. The molecule has 0 aromatic rings. The van der Waals surface area contributed by atoms with Gasteiger partial charge in [0.2, 0.25) is 0 Å². The van der Waals surface area contributed by atoms with Crippen LogP contribution in [0.1, 0.15) is 39.0 Å². The number of carbonyl (C=O) groups is 2. The molecule has 1 aliphatic heterocycles. The van der Waals surface area contributed by atoms with E-state index >= 15 is 0 Å². The first-order chi connectivity index (χ1) is 8.07. The Kier molecular flexibility index (Phi) is 3.26. The molecule has 1 heterocycles. The van der Waals surface area contributed by atoms with Crippen LogP contribution in [0, 0.1) is 5.92 Å². The van der Waals surface area contributed by atoms with Crippen molar-refractivity contribution in [2.24, 2.45) is 5.92 Å². The number of likely N-dealkylation sites (tertiary alicyclic amines) is 1. The summed E-state index contributed by atoms with van der Waals surface area (Å²) >= 11 is 0. The lowest BCUT2D eigenvalue weighted by atomic mass is 10.0. The zero-order valence-electron chi connectivity index (χ0n) is 10.2. The van der Waals surface area contributed by atoms with Crippen LogP contribution in [-0.2, 0) is 4.79 Å². The Morgan fingerprint density at radius 3 is 2.71 bits per heavy atom. The molecule has 2 aliphatic rings. The van der Waals surface area contributed by atoms with E-state index in [1.165, 1.54) is 0 Å². The summed E-state index contributed by atoms with van der Waals surface area (Å²) in [6.07, 6.45) is 4.44. The second-order valence-corrected chi connectivity index (χ2v) is 5.21. The molecule has 2 N–H and O–H groups in total. The van der Waals surface area contributed by atoms with E-state index in [0.29, 0.717) is 18.8 Å². The van der Waals surface area contributed by atoms with Gasteiger partial charge in [-0.15, -0.1) is 0 Å². The van der Waals surface area contributed by atoms with Crippen molar-refractivity contribution in [1.29, 1.82) is 0 Å². The van der Waals surface area contributed by atoms with Gasteiger partial charge in [-0.05, 0) is 31.6 Å². The molecule has 0 spiro atoms. The minimum absolute atomic E-state index is 0.205. The highest BCUT2D eigenvalue weighted by Crippen LogP contribution is 2.36. The summed E-state index contributed by atoms with van der Waals surface area (Å²) in [5.74, 6) is -0.319. The lowest BCUT2D eigenvalue weighted by Crippen LogP contribution is -2.49. The van der Waals surface area contributed by atoms with E-state index in [-0.39, 0.29) is 6.03 Å². The number of carbonyl (C=O) groups excluding carboxylic acids is 1. The van der Waals surface area contributed by atoms with Crippen LogP contribution in [0.3, 0.4) is 0 Å². The third kappa shape index (κ3) is 2.53. The van der Waals surface area contributed by atoms with Crippen LogP contribution in [0.2, 0.25) is 0 Å². The van der Waals surface area contributed by atoms with Crippen molar-refractivity contribution in [3.8, 4) is 0 Å². The van der Waals surface area contributed by atoms with Crippen molar-refractivity contribution >= 4 is 12.0 Å². The minimum Gasteiger partial charge on any atom is -0.480 e. The Balaban J connectivity index is 1.84. The van der Waals surface area contributed by atoms with Crippen LogP contribution in [-0.4, -0.2) is 40.6 Å². The quantitative estimate of drug-likeness (QED) is 0.781. The van der Waals surface area contributed by atoms with E-state index in [4.69, 9.17) is 5.11 Å². The predicted octanol–water partition coefficient (Wildman–Crippen LogP) is 1.44. The summed E-state index contributed by atoms with van der Waals surface area (Å²) < 4.78 is 0. The van der Waals surface area contributed by atoms with Crippen LogP contribution in [0.4, 0.5) is 4.79 Å². The summed E-state index contributed by atoms with van der Waals surface area (Å²) in [5, 5.41) is 11.7. The lowest BCUT2D eigenvalue weighted by molar-refractivity contribution is -0.140. The van der Waals surface area contributed by atoms with Crippen molar-refractivity contribution in [2.75, 3.05) is 13.1 Å². The Morgan fingerprint density at radius 2 is 2.18 bits per heavy atom. The first-order valence-electron chi connectivity index (χ1n) is 6.38. The van der Waals surface area contributed by atoms with E-state index in [1.807, 2.05) is 0 Å². The van der Waals surface area contributed by atoms with Gasteiger partial charge in [0, 0.05) is 13.1 Å². The zero-order valence-corrected chi connectivity index (χ0v) is 10.2. The third-order valence-electron chi connectivity index (χ3n) is 3.78. The molecule has 5 nitrogen and oxygen atoms in total. The predicted molar refractivity (Wildman–Crippen MR) is 62.7 cm³/mol. The van der Waals surface area contributed by atoms with Gasteiger partial charge >= 0.3 is 12.0 Å². The Hall–Kier alpha value is -1.26. The number of rotatable bonds is 4. The van der Waals surface area contributed by atoms with Gasteiger partial charge in [-0.1, -0.05) is 13.3 Å². The summed E-state index contributed by atoms with van der Waals surface area (Å²) in [6, 6.07) is -0.205. The fraction of sp³-hybridized carbons (Fsp3) is 0.833.